The van der Waals surface area contributed by atoms with Gasteiger partial charge in [0.1, 0.15) is 12.4 Å². The Morgan fingerprint density at radius 1 is 1.35 bits per heavy atom. The summed E-state index contributed by atoms with van der Waals surface area (Å²) in [7, 11) is 0. The molecular formula is C11H15N3O3. The average molecular weight is 237 g/mol. The van der Waals surface area contributed by atoms with Crippen molar-refractivity contribution in [1.82, 2.24) is 15.3 Å². The third kappa shape index (κ3) is 3.24. The largest absolute Gasteiger partial charge is 0.480 e. The Kier molecular flexibility index (Phi) is 4.14. The van der Waals surface area contributed by atoms with E-state index in [1.165, 1.54) is 19.4 Å². The topological polar surface area (TPSA) is 92.2 Å². The molecule has 1 rings (SSSR count). The number of carbonyl (C=O) groups is 2. The normalized spacial score (nSPS) is 12.2. The van der Waals surface area contributed by atoms with Gasteiger partial charge in [0.2, 0.25) is 0 Å². The van der Waals surface area contributed by atoms with Gasteiger partial charge in [-0.15, -0.1) is 0 Å². The molecule has 1 aromatic heterocycles. The second-order valence-corrected chi connectivity index (χ2v) is 4.01. The number of amides is 1. The summed E-state index contributed by atoms with van der Waals surface area (Å²) in [5, 5.41) is 11.1. The van der Waals surface area contributed by atoms with Crippen LogP contribution in [0.2, 0.25) is 0 Å². The molecule has 17 heavy (non-hydrogen) atoms. The van der Waals surface area contributed by atoms with E-state index >= 15 is 0 Å². The standard InChI is InChI=1S/C11H15N3O3/c1-6(2)9-8(4-12-5-13-9)10(15)14-7(3)11(16)17/h4-7H,1-3H3,(H,14,15)(H,16,17)/t7-/m1/s1. The number of carbonyl (C=O) groups excluding carboxylic acids is 1. The molecule has 2 N–H and O–H groups in total. The number of rotatable bonds is 4. The number of carboxylic acid groups (broad SMARTS) is 1. The van der Waals surface area contributed by atoms with Crippen molar-refractivity contribution in [2.45, 2.75) is 32.7 Å². The Morgan fingerprint density at radius 2 is 2.00 bits per heavy atom. The third-order valence-electron chi connectivity index (χ3n) is 2.25. The Hall–Kier alpha value is -1.98. The molecular weight excluding hydrogens is 222 g/mol. The van der Waals surface area contributed by atoms with Crippen LogP contribution in [0.4, 0.5) is 0 Å². The van der Waals surface area contributed by atoms with E-state index in [1.54, 1.807) is 0 Å². The lowest BCUT2D eigenvalue weighted by Crippen LogP contribution is -2.38. The predicted octanol–water partition coefficient (Wildman–Crippen LogP) is 0.803. The van der Waals surface area contributed by atoms with Crippen LogP contribution in [-0.4, -0.2) is 33.0 Å². The Labute approximate surface area is 99.1 Å². The quantitative estimate of drug-likeness (QED) is 0.808. The van der Waals surface area contributed by atoms with Gasteiger partial charge in [-0.1, -0.05) is 13.8 Å². The second kappa shape index (κ2) is 5.38. The van der Waals surface area contributed by atoms with E-state index in [4.69, 9.17) is 5.11 Å². The van der Waals surface area contributed by atoms with Crippen LogP contribution in [0.25, 0.3) is 0 Å². The summed E-state index contributed by atoms with van der Waals surface area (Å²) >= 11 is 0. The first-order valence-electron chi connectivity index (χ1n) is 5.27. The van der Waals surface area contributed by atoms with E-state index < -0.39 is 17.9 Å². The molecule has 6 nitrogen and oxygen atoms in total. The van der Waals surface area contributed by atoms with E-state index in [0.717, 1.165) is 0 Å². The molecule has 0 unspecified atom stereocenters. The summed E-state index contributed by atoms with van der Waals surface area (Å²) in [4.78, 5) is 30.3. The van der Waals surface area contributed by atoms with Gasteiger partial charge in [0.05, 0.1) is 11.3 Å². The predicted molar refractivity (Wildman–Crippen MR) is 60.7 cm³/mol. The lowest BCUT2D eigenvalue weighted by atomic mass is 10.0. The van der Waals surface area contributed by atoms with Crippen molar-refractivity contribution in [2.24, 2.45) is 0 Å². The second-order valence-electron chi connectivity index (χ2n) is 4.01. The molecule has 0 aliphatic carbocycles. The van der Waals surface area contributed by atoms with Crippen LogP contribution in [0.1, 0.15) is 42.7 Å². The van der Waals surface area contributed by atoms with Crippen LogP contribution in [0.15, 0.2) is 12.5 Å². The molecule has 1 heterocycles. The third-order valence-corrected chi connectivity index (χ3v) is 2.25. The lowest BCUT2D eigenvalue weighted by molar-refractivity contribution is -0.138. The maximum atomic E-state index is 11.8. The van der Waals surface area contributed by atoms with Crippen molar-refractivity contribution >= 4 is 11.9 Å². The highest BCUT2D eigenvalue weighted by Gasteiger charge is 2.19. The van der Waals surface area contributed by atoms with Crippen molar-refractivity contribution in [3.05, 3.63) is 23.8 Å². The number of carboxylic acids is 1. The first-order chi connectivity index (χ1) is 7.93. The summed E-state index contributed by atoms with van der Waals surface area (Å²) < 4.78 is 0. The molecule has 0 saturated carbocycles. The number of hydrogen-bond acceptors (Lipinski definition) is 4. The van der Waals surface area contributed by atoms with E-state index in [9.17, 15) is 9.59 Å². The van der Waals surface area contributed by atoms with E-state index in [0.29, 0.717) is 11.3 Å². The Morgan fingerprint density at radius 3 is 2.53 bits per heavy atom. The van der Waals surface area contributed by atoms with Crippen LogP contribution in [0, 0.1) is 0 Å². The highest BCUT2D eigenvalue weighted by molar-refractivity contribution is 5.97. The zero-order valence-corrected chi connectivity index (χ0v) is 9.97. The number of hydrogen-bond donors (Lipinski definition) is 2. The summed E-state index contributed by atoms with van der Waals surface area (Å²) in [5.74, 6) is -1.48. The summed E-state index contributed by atoms with van der Waals surface area (Å²) in [6, 6.07) is -0.942. The Balaban J connectivity index is 2.93. The number of aliphatic carboxylic acids is 1. The van der Waals surface area contributed by atoms with Crippen molar-refractivity contribution < 1.29 is 14.7 Å². The minimum atomic E-state index is -1.08. The van der Waals surface area contributed by atoms with Gasteiger partial charge in [0, 0.05) is 6.20 Å². The molecule has 0 fully saturated rings. The highest BCUT2D eigenvalue weighted by Crippen LogP contribution is 2.15. The summed E-state index contributed by atoms with van der Waals surface area (Å²) in [5.41, 5.74) is 0.922. The van der Waals surface area contributed by atoms with Gasteiger partial charge in [0.25, 0.3) is 5.91 Å². The zero-order valence-electron chi connectivity index (χ0n) is 9.97. The number of nitrogens with one attached hydrogen (secondary N) is 1. The van der Waals surface area contributed by atoms with E-state index in [-0.39, 0.29) is 5.92 Å². The van der Waals surface area contributed by atoms with Gasteiger partial charge in [-0.05, 0) is 12.8 Å². The number of nitrogens with zero attached hydrogens (tertiary/aromatic N) is 2. The molecule has 0 aliphatic heterocycles. The lowest BCUT2D eigenvalue weighted by Gasteiger charge is -2.12. The first-order valence-corrected chi connectivity index (χ1v) is 5.27. The molecule has 0 bridgehead atoms. The molecule has 1 amide bonds. The maximum absolute atomic E-state index is 11.8. The average Bonchev–Trinajstić information content (AvgIpc) is 2.28. The fourth-order valence-electron chi connectivity index (χ4n) is 1.31. The van der Waals surface area contributed by atoms with Gasteiger partial charge >= 0.3 is 5.97 Å². The summed E-state index contributed by atoms with van der Waals surface area (Å²) in [6.45, 7) is 5.21. The Bertz CT molecular complexity index is 432. The molecule has 1 atom stereocenters. The van der Waals surface area contributed by atoms with Gasteiger partial charge in [0.15, 0.2) is 0 Å². The maximum Gasteiger partial charge on any atom is 0.325 e. The minimum absolute atomic E-state index is 0.0684. The molecule has 0 spiro atoms. The molecule has 0 aliphatic rings. The van der Waals surface area contributed by atoms with Crippen LogP contribution < -0.4 is 5.32 Å². The van der Waals surface area contributed by atoms with Gasteiger partial charge < -0.3 is 10.4 Å². The van der Waals surface area contributed by atoms with E-state index in [2.05, 4.69) is 15.3 Å². The summed E-state index contributed by atoms with van der Waals surface area (Å²) in [6.07, 6.45) is 2.76. The molecule has 0 aromatic carbocycles. The molecule has 0 radical (unpaired) electrons. The van der Waals surface area contributed by atoms with Gasteiger partial charge in [-0.2, -0.15) is 0 Å². The molecule has 92 valence electrons. The van der Waals surface area contributed by atoms with Crippen molar-refractivity contribution in [2.75, 3.05) is 0 Å². The fraction of sp³-hybridized carbons (Fsp3) is 0.455. The van der Waals surface area contributed by atoms with Gasteiger partial charge in [-0.3, -0.25) is 9.59 Å². The molecule has 0 saturated heterocycles. The zero-order chi connectivity index (χ0) is 13.0. The van der Waals surface area contributed by atoms with Crippen molar-refractivity contribution in [3.63, 3.8) is 0 Å². The van der Waals surface area contributed by atoms with Crippen LogP contribution in [0.3, 0.4) is 0 Å². The van der Waals surface area contributed by atoms with Crippen molar-refractivity contribution in [1.29, 1.82) is 0 Å². The monoisotopic (exact) mass is 237 g/mol. The minimum Gasteiger partial charge on any atom is -0.480 e. The SMILES string of the molecule is CC(C)c1ncncc1C(=O)N[C@H](C)C(=O)O. The molecule has 1 aromatic rings. The smallest absolute Gasteiger partial charge is 0.325 e. The molecule has 6 heteroatoms. The van der Waals surface area contributed by atoms with E-state index in [1.807, 2.05) is 13.8 Å². The highest BCUT2D eigenvalue weighted by atomic mass is 16.4. The number of aromatic nitrogens is 2. The van der Waals surface area contributed by atoms with Crippen LogP contribution in [-0.2, 0) is 4.79 Å². The van der Waals surface area contributed by atoms with Crippen LogP contribution in [0.5, 0.6) is 0 Å². The first kappa shape index (κ1) is 13.1. The van der Waals surface area contributed by atoms with Gasteiger partial charge in [-0.25, -0.2) is 9.97 Å². The van der Waals surface area contributed by atoms with Crippen molar-refractivity contribution in [3.8, 4) is 0 Å². The fourth-order valence-corrected chi connectivity index (χ4v) is 1.31. The van der Waals surface area contributed by atoms with Crippen LogP contribution >= 0.6 is 0 Å².